The van der Waals surface area contributed by atoms with Crippen molar-refractivity contribution in [1.29, 1.82) is 0 Å². The van der Waals surface area contributed by atoms with Crippen LogP contribution >= 0.6 is 0 Å². The average molecular weight is 468 g/mol. The fraction of sp³-hybridized carbons (Fsp3) is 0.320. The number of fused-ring (bicyclic) bond motifs is 2. The summed E-state index contributed by atoms with van der Waals surface area (Å²) in [6.07, 6.45) is 4.97. The molecule has 4 heterocycles. The Kier molecular flexibility index (Phi) is 6.05. The highest BCUT2D eigenvalue weighted by Gasteiger charge is 2.43. The van der Waals surface area contributed by atoms with E-state index in [0.29, 0.717) is 30.1 Å². The van der Waals surface area contributed by atoms with E-state index in [1.807, 2.05) is 6.07 Å². The largest absolute Gasteiger partial charge is 0.399 e. The molecule has 0 saturated carbocycles. The third-order valence-corrected chi connectivity index (χ3v) is 6.46. The summed E-state index contributed by atoms with van der Waals surface area (Å²) in [7, 11) is 1.39. The zero-order valence-electron chi connectivity index (χ0n) is 18.6. The van der Waals surface area contributed by atoms with Gasteiger partial charge in [-0.15, -0.1) is 0 Å². The highest BCUT2D eigenvalue weighted by molar-refractivity contribution is 6.11. The summed E-state index contributed by atoms with van der Waals surface area (Å²) < 4.78 is 46.6. The molecule has 1 fully saturated rings. The molecule has 34 heavy (non-hydrogen) atoms. The maximum atomic E-state index is 13.7. The van der Waals surface area contributed by atoms with Crippen molar-refractivity contribution in [3.8, 4) is 0 Å². The standard InChI is InChI=1S/C25H23F3N4O2/c1-33-31-24(17-3-4-20(26)21(27)10-17)22-5-2-16(12-29-22)14-32-8-6-25(7-9-32)19-13-30-23(28)11-18(19)15-34-25/h2-5,10-13H,6-9,14-15H2,1H3. The summed E-state index contributed by atoms with van der Waals surface area (Å²) in [4.78, 5) is 15.5. The quantitative estimate of drug-likeness (QED) is 0.317. The van der Waals surface area contributed by atoms with Crippen LogP contribution in [0.25, 0.3) is 0 Å². The van der Waals surface area contributed by atoms with Crippen LogP contribution in [0.5, 0.6) is 0 Å². The lowest BCUT2D eigenvalue weighted by Gasteiger charge is -2.39. The van der Waals surface area contributed by atoms with Crippen molar-refractivity contribution in [2.75, 3.05) is 20.2 Å². The zero-order chi connectivity index (χ0) is 23.7. The van der Waals surface area contributed by atoms with Crippen molar-refractivity contribution >= 4 is 5.71 Å². The molecule has 0 radical (unpaired) electrons. The Labute approximate surface area is 195 Å². The predicted octanol–water partition coefficient (Wildman–Crippen LogP) is 4.31. The topological polar surface area (TPSA) is 59.8 Å². The first-order valence-corrected chi connectivity index (χ1v) is 11.0. The second-order valence-corrected chi connectivity index (χ2v) is 8.53. The monoisotopic (exact) mass is 468 g/mol. The molecule has 0 atom stereocenters. The summed E-state index contributed by atoms with van der Waals surface area (Å²) in [6.45, 7) is 2.77. The van der Waals surface area contributed by atoms with Crippen molar-refractivity contribution in [2.24, 2.45) is 5.16 Å². The number of rotatable bonds is 5. The first-order valence-electron chi connectivity index (χ1n) is 11.0. The highest BCUT2D eigenvalue weighted by atomic mass is 19.2. The molecule has 1 aromatic carbocycles. The average Bonchev–Trinajstić information content (AvgIpc) is 3.18. The van der Waals surface area contributed by atoms with Gasteiger partial charge in [-0.05, 0) is 54.3 Å². The highest BCUT2D eigenvalue weighted by Crippen LogP contribution is 2.44. The van der Waals surface area contributed by atoms with Gasteiger partial charge >= 0.3 is 0 Å². The van der Waals surface area contributed by atoms with E-state index in [2.05, 4.69) is 20.0 Å². The Morgan fingerprint density at radius 1 is 1.06 bits per heavy atom. The Morgan fingerprint density at radius 2 is 1.88 bits per heavy atom. The number of aromatic nitrogens is 2. The van der Waals surface area contributed by atoms with Crippen LogP contribution in [0.3, 0.4) is 0 Å². The van der Waals surface area contributed by atoms with Gasteiger partial charge < -0.3 is 9.57 Å². The lowest BCUT2D eigenvalue weighted by molar-refractivity contribution is -0.0800. The molecule has 0 amide bonds. The molecule has 6 nitrogen and oxygen atoms in total. The van der Waals surface area contributed by atoms with Crippen LogP contribution in [0.1, 0.15) is 40.8 Å². The maximum Gasteiger partial charge on any atom is 0.213 e. The molecule has 9 heteroatoms. The van der Waals surface area contributed by atoms with Crippen LogP contribution in [-0.2, 0) is 28.3 Å². The molecule has 0 unspecified atom stereocenters. The fourth-order valence-electron chi connectivity index (χ4n) is 4.68. The van der Waals surface area contributed by atoms with E-state index in [9.17, 15) is 13.2 Å². The minimum Gasteiger partial charge on any atom is -0.399 e. The molecular formula is C25H23F3N4O2. The van der Waals surface area contributed by atoms with E-state index in [1.165, 1.54) is 19.2 Å². The number of piperidine rings is 1. The van der Waals surface area contributed by atoms with Crippen LogP contribution in [0.15, 0.2) is 53.9 Å². The Hall–Kier alpha value is -3.30. The van der Waals surface area contributed by atoms with Crippen molar-refractivity contribution in [2.45, 2.75) is 31.6 Å². The number of benzene rings is 1. The minimum absolute atomic E-state index is 0.315. The van der Waals surface area contributed by atoms with Gasteiger partial charge in [0.1, 0.15) is 12.8 Å². The summed E-state index contributed by atoms with van der Waals surface area (Å²) >= 11 is 0. The minimum atomic E-state index is -0.962. The number of hydrogen-bond acceptors (Lipinski definition) is 6. The van der Waals surface area contributed by atoms with Gasteiger partial charge in [-0.25, -0.2) is 13.8 Å². The number of nitrogens with zero attached hydrogens (tertiary/aromatic N) is 4. The number of likely N-dealkylation sites (tertiary alicyclic amines) is 1. The van der Waals surface area contributed by atoms with Gasteiger partial charge in [0.15, 0.2) is 11.6 Å². The molecule has 3 aromatic rings. The fourth-order valence-corrected chi connectivity index (χ4v) is 4.68. The Morgan fingerprint density at radius 3 is 2.59 bits per heavy atom. The van der Waals surface area contributed by atoms with Gasteiger partial charge in [0, 0.05) is 43.2 Å². The molecule has 0 aliphatic carbocycles. The molecular weight excluding hydrogens is 445 g/mol. The second-order valence-electron chi connectivity index (χ2n) is 8.53. The van der Waals surface area contributed by atoms with Gasteiger partial charge in [0.05, 0.1) is 17.9 Å². The van der Waals surface area contributed by atoms with Gasteiger partial charge in [-0.1, -0.05) is 11.2 Å². The molecule has 2 aliphatic rings. The van der Waals surface area contributed by atoms with Gasteiger partial charge in [-0.3, -0.25) is 9.88 Å². The summed E-state index contributed by atoms with van der Waals surface area (Å²) in [6, 6.07) is 8.74. The first kappa shape index (κ1) is 22.5. The van der Waals surface area contributed by atoms with Crippen LogP contribution in [0, 0.1) is 17.6 Å². The Balaban J connectivity index is 1.26. The van der Waals surface area contributed by atoms with Crippen molar-refractivity contribution in [1.82, 2.24) is 14.9 Å². The van der Waals surface area contributed by atoms with Gasteiger partial charge in [-0.2, -0.15) is 4.39 Å². The molecule has 176 valence electrons. The van der Waals surface area contributed by atoms with E-state index in [-0.39, 0.29) is 5.60 Å². The Bertz CT molecular complexity index is 1230. The van der Waals surface area contributed by atoms with Crippen LogP contribution in [0.2, 0.25) is 0 Å². The molecule has 2 aromatic heterocycles. The maximum absolute atomic E-state index is 13.7. The zero-order valence-corrected chi connectivity index (χ0v) is 18.6. The van der Waals surface area contributed by atoms with E-state index in [4.69, 9.17) is 9.57 Å². The molecule has 0 bridgehead atoms. The van der Waals surface area contributed by atoms with Crippen molar-refractivity contribution in [3.63, 3.8) is 0 Å². The molecule has 5 rings (SSSR count). The third kappa shape index (κ3) is 4.28. The molecule has 2 aliphatic heterocycles. The molecule has 1 spiro atoms. The van der Waals surface area contributed by atoms with Crippen LogP contribution in [-0.4, -0.2) is 40.8 Å². The number of ether oxygens (including phenoxy) is 1. The van der Waals surface area contributed by atoms with Crippen molar-refractivity contribution in [3.05, 3.63) is 94.3 Å². The van der Waals surface area contributed by atoms with E-state index in [1.54, 1.807) is 18.5 Å². The number of oxime groups is 1. The summed E-state index contributed by atoms with van der Waals surface area (Å²) in [5.41, 5.74) is 3.69. The smallest absolute Gasteiger partial charge is 0.213 e. The summed E-state index contributed by atoms with van der Waals surface area (Å²) in [5, 5.41) is 3.96. The SMILES string of the molecule is CON=C(c1ccc(F)c(F)c1)c1ccc(CN2CCC3(CC2)OCc2cc(F)ncc23)cn1. The normalized spacial score (nSPS) is 17.7. The van der Waals surface area contributed by atoms with Gasteiger partial charge in [0.25, 0.3) is 0 Å². The number of pyridine rings is 2. The molecule has 1 saturated heterocycles. The predicted molar refractivity (Wildman–Crippen MR) is 118 cm³/mol. The van der Waals surface area contributed by atoms with E-state index < -0.39 is 17.6 Å². The van der Waals surface area contributed by atoms with Gasteiger partial charge in [0.2, 0.25) is 5.95 Å². The number of halogens is 3. The second kappa shape index (κ2) is 9.15. The lowest BCUT2D eigenvalue weighted by Crippen LogP contribution is -2.42. The van der Waals surface area contributed by atoms with E-state index in [0.717, 1.165) is 54.8 Å². The third-order valence-electron chi connectivity index (χ3n) is 6.46. The van der Waals surface area contributed by atoms with Crippen molar-refractivity contribution < 1.29 is 22.7 Å². The van der Waals surface area contributed by atoms with Crippen LogP contribution in [0.4, 0.5) is 13.2 Å². The number of hydrogen-bond donors (Lipinski definition) is 0. The summed E-state index contributed by atoms with van der Waals surface area (Å²) in [5.74, 6) is -2.37. The lowest BCUT2D eigenvalue weighted by atomic mass is 9.84. The first-order chi connectivity index (χ1) is 16.5. The molecule has 0 N–H and O–H groups in total. The van der Waals surface area contributed by atoms with E-state index >= 15 is 0 Å². The van der Waals surface area contributed by atoms with Crippen LogP contribution < -0.4 is 0 Å².